The van der Waals surface area contributed by atoms with Crippen LogP contribution in [0.1, 0.15) is 6.92 Å². The molecule has 1 unspecified atom stereocenters. The lowest BCUT2D eigenvalue weighted by atomic mass is 10.3. The Labute approximate surface area is 113 Å². The molecule has 0 aromatic heterocycles. The van der Waals surface area contributed by atoms with E-state index in [1.807, 2.05) is 50.2 Å². The zero-order valence-corrected chi connectivity index (χ0v) is 11.7. The second-order valence-electron chi connectivity index (χ2n) is 4.26. The van der Waals surface area contributed by atoms with Crippen molar-refractivity contribution in [3.63, 3.8) is 0 Å². The van der Waals surface area contributed by atoms with Crippen molar-refractivity contribution < 1.29 is 9.53 Å². The first-order chi connectivity index (χ1) is 8.52. The van der Waals surface area contributed by atoms with E-state index in [9.17, 15) is 4.79 Å². The van der Waals surface area contributed by atoms with E-state index in [1.165, 1.54) is 0 Å². The number of nitrogens with zero attached hydrogens (tertiary/aromatic N) is 1. The van der Waals surface area contributed by atoms with E-state index in [2.05, 4.69) is 5.32 Å². The maximum absolute atomic E-state index is 11.0. The van der Waals surface area contributed by atoms with Crippen LogP contribution in [0.25, 0.3) is 0 Å². The van der Waals surface area contributed by atoms with Crippen molar-refractivity contribution in [1.82, 2.24) is 5.32 Å². The maximum atomic E-state index is 11.0. The first-order valence-electron chi connectivity index (χ1n) is 5.79. The summed E-state index contributed by atoms with van der Waals surface area (Å²) in [6.45, 7) is 2.34. The Morgan fingerprint density at radius 1 is 1.50 bits per heavy atom. The van der Waals surface area contributed by atoms with Gasteiger partial charge in [0, 0.05) is 25.8 Å². The molecule has 5 heteroatoms. The highest BCUT2D eigenvalue weighted by atomic mass is 35.5. The lowest BCUT2D eigenvalue weighted by Crippen LogP contribution is -2.34. The van der Waals surface area contributed by atoms with E-state index in [1.54, 1.807) is 0 Å². The molecule has 0 spiro atoms. The molecule has 1 aromatic carbocycles. The van der Waals surface area contributed by atoms with Gasteiger partial charge in [0.1, 0.15) is 17.7 Å². The second-order valence-corrected chi connectivity index (χ2v) is 4.53. The van der Waals surface area contributed by atoms with Crippen molar-refractivity contribution in [3.8, 4) is 5.75 Å². The Bertz CT molecular complexity index is 396. The molecule has 1 N–H and O–H groups in total. The summed E-state index contributed by atoms with van der Waals surface area (Å²) in [6, 6.07) is 7.80. The molecule has 0 bridgehead atoms. The van der Waals surface area contributed by atoms with Gasteiger partial charge in [-0.15, -0.1) is 11.6 Å². The topological polar surface area (TPSA) is 41.6 Å². The molecule has 1 atom stereocenters. The summed E-state index contributed by atoms with van der Waals surface area (Å²) >= 11 is 5.39. The lowest BCUT2D eigenvalue weighted by Gasteiger charge is -2.17. The van der Waals surface area contributed by atoms with Crippen LogP contribution in [0.3, 0.4) is 0 Å². The molecule has 0 radical (unpaired) electrons. The van der Waals surface area contributed by atoms with Crippen molar-refractivity contribution >= 4 is 23.2 Å². The molecule has 0 heterocycles. The van der Waals surface area contributed by atoms with Gasteiger partial charge >= 0.3 is 0 Å². The van der Waals surface area contributed by atoms with E-state index < -0.39 is 0 Å². The number of nitrogens with one attached hydrogen (secondary N) is 1. The largest absolute Gasteiger partial charge is 0.489 e. The van der Waals surface area contributed by atoms with Gasteiger partial charge in [0.2, 0.25) is 5.91 Å². The average molecular weight is 271 g/mol. The van der Waals surface area contributed by atoms with E-state index in [0.29, 0.717) is 6.54 Å². The third-order valence-electron chi connectivity index (χ3n) is 2.38. The van der Waals surface area contributed by atoms with Gasteiger partial charge in [-0.2, -0.15) is 0 Å². The van der Waals surface area contributed by atoms with Crippen molar-refractivity contribution in [2.75, 3.05) is 31.4 Å². The number of hydrogen-bond donors (Lipinski definition) is 1. The minimum atomic E-state index is -0.186. The average Bonchev–Trinajstić information content (AvgIpc) is 2.36. The standard InChI is InChI=1S/C13H19ClN2O2/c1-10(9-15-13(17)8-14)18-12-6-4-5-11(7-12)16(2)3/h4-7,10H,8-9H2,1-3H3,(H,15,17). The second kappa shape index (κ2) is 7.11. The monoisotopic (exact) mass is 270 g/mol. The number of rotatable bonds is 6. The number of alkyl halides is 1. The molecule has 1 rings (SSSR count). The molecule has 1 aromatic rings. The summed E-state index contributed by atoms with van der Waals surface area (Å²) in [5.41, 5.74) is 1.07. The van der Waals surface area contributed by atoms with Gasteiger partial charge in [-0.05, 0) is 19.1 Å². The quantitative estimate of drug-likeness (QED) is 0.803. The van der Waals surface area contributed by atoms with Gasteiger partial charge in [-0.1, -0.05) is 6.07 Å². The minimum Gasteiger partial charge on any atom is -0.489 e. The van der Waals surface area contributed by atoms with Gasteiger partial charge in [0.05, 0.1) is 6.54 Å². The SMILES string of the molecule is CC(CNC(=O)CCl)Oc1cccc(N(C)C)c1. The fourth-order valence-electron chi connectivity index (χ4n) is 1.41. The summed E-state index contributed by atoms with van der Waals surface area (Å²) in [5, 5.41) is 2.68. The predicted octanol–water partition coefficient (Wildman–Crippen LogP) is 1.87. The number of halogens is 1. The van der Waals surface area contributed by atoms with Crippen molar-refractivity contribution in [1.29, 1.82) is 0 Å². The van der Waals surface area contributed by atoms with Gasteiger partial charge < -0.3 is 15.0 Å². The fraction of sp³-hybridized carbons (Fsp3) is 0.462. The number of carbonyl (C=O) groups excluding carboxylic acids is 1. The van der Waals surface area contributed by atoms with E-state index in [0.717, 1.165) is 11.4 Å². The van der Waals surface area contributed by atoms with Crippen LogP contribution in [-0.4, -0.2) is 38.5 Å². The van der Waals surface area contributed by atoms with E-state index in [4.69, 9.17) is 16.3 Å². The highest BCUT2D eigenvalue weighted by Gasteiger charge is 2.07. The summed E-state index contributed by atoms with van der Waals surface area (Å²) in [6.07, 6.45) is -0.102. The number of carbonyl (C=O) groups is 1. The van der Waals surface area contributed by atoms with Crippen LogP contribution in [0.2, 0.25) is 0 Å². The molecule has 0 aliphatic carbocycles. The number of anilines is 1. The van der Waals surface area contributed by atoms with Crippen molar-refractivity contribution in [2.24, 2.45) is 0 Å². The summed E-state index contributed by atoms with van der Waals surface area (Å²) in [4.78, 5) is 13.0. The number of ether oxygens (including phenoxy) is 1. The Morgan fingerprint density at radius 2 is 2.22 bits per heavy atom. The van der Waals surface area contributed by atoms with Gasteiger partial charge in [-0.3, -0.25) is 4.79 Å². The third-order valence-corrected chi connectivity index (χ3v) is 2.62. The zero-order chi connectivity index (χ0) is 13.5. The highest BCUT2D eigenvalue weighted by Crippen LogP contribution is 2.20. The molecule has 0 aliphatic rings. The molecule has 100 valence electrons. The van der Waals surface area contributed by atoms with Gasteiger partial charge in [0.15, 0.2) is 0 Å². The maximum Gasteiger partial charge on any atom is 0.235 e. The Balaban J connectivity index is 2.51. The normalized spacial score (nSPS) is 11.8. The van der Waals surface area contributed by atoms with Crippen LogP contribution in [0.4, 0.5) is 5.69 Å². The molecule has 0 saturated heterocycles. The molecular formula is C13H19ClN2O2. The molecule has 1 amide bonds. The first kappa shape index (κ1) is 14.6. The smallest absolute Gasteiger partial charge is 0.235 e. The first-order valence-corrected chi connectivity index (χ1v) is 6.33. The van der Waals surface area contributed by atoms with Crippen LogP contribution in [0.5, 0.6) is 5.75 Å². The molecule has 4 nitrogen and oxygen atoms in total. The van der Waals surface area contributed by atoms with Crippen molar-refractivity contribution in [3.05, 3.63) is 24.3 Å². The summed E-state index contributed by atoms with van der Waals surface area (Å²) < 4.78 is 5.72. The number of hydrogen-bond acceptors (Lipinski definition) is 3. The Kier molecular flexibility index (Phi) is 5.78. The van der Waals surface area contributed by atoms with Crippen LogP contribution < -0.4 is 15.0 Å². The minimum absolute atomic E-state index is 0.0250. The number of amides is 1. The summed E-state index contributed by atoms with van der Waals surface area (Å²) in [5.74, 6) is 0.575. The number of benzene rings is 1. The van der Waals surface area contributed by atoms with Crippen molar-refractivity contribution in [2.45, 2.75) is 13.0 Å². The fourth-order valence-corrected chi connectivity index (χ4v) is 1.51. The Hall–Kier alpha value is -1.42. The highest BCUT2D eigenvalue weighted by molar-refractivity contribution is 6.27. The van der Waals surface area contributed by atoms with E-state index >= 15 is 0 Å². The van der Waals surface area contributed by atoms with Gasteiger partial charge in [-0.25, -0.2) is 0 Å². The predicted molar refractivity (Wildman–Crippen MR) is 74.6 cm³/mol. The van der Waals surface area contributed by atoms with Crippen LogP contribution >= 0.6 is 11.6 Å². The Morgan fingerprint density at radius 3 is 2.83 bits per heavy atom. The van der Waals surface area contributed by atoms with Crippen LogP contribution in [0.15, 0.2) is 24.3 Å². The van der Waals surface area contributed by atoms with Crippen LogP contribution in [-0.2, 0) is 4.79 Å². The molecule has 0 fully saturated rings. The van der Waals surface area contributed by atoms with Crippen LogP contribution in [0, 0.1) is 0 Å². The summed E-state index contributed by atoms with van der Waals surface area (Å²) in [7, 11) is 3.95. The molecule has 0 saturated carbocycles. The lowest BCUT2D eigenvalue weighted by molar-refractivity contribution is -0.119. The zero-order valence-electron chi connectivity index (χ0n) is 10.9. The molecule has 0 aliphatic heterocycles. The third kappa shape index (κ3) is 4.84. The molecular weight excluding hydrogens is 252 g/mol. The van der Waals surface area contributed by atoms with E-state index in [-0.39, 0.29) is 17.9 Å². The van der Waals surface area contributed by atoms with Gasteiger partial charge in [0.25, 0.3) is 0 Å². The molecule has 18 heavy (non-hydrogen) atoms.